The molecule has 0 saturated carbocycles. The number of benzene rings is 1. The Morgan fingerprint density at radius 2 is 2.04 bits per heavy atom. The second kappa shape index (κ2) is 8.80. The number of piperidine rings is 1. The Balaban J connectivity index is 1.49. The fourth-order valence-corrected chi connectivity index (χ4v) is 4.12. The molecule has 2 aliphatic rings. The van der Waals surface area contributed by atoms with Crippen LogP contribution in [0.25, 0.3) is 0 Å². The number of rotatable bonds is 6. The normalized spacial score (nSPS) is 24.0. The van der Waals surface area contributed by atoms with Crippen LogP contribution in [-0.4, -0.2) is 49.6 Å². The topological polar surface area (TPSA) is 35.6 Å². The van der Waals surface area contributed by atoms with Crippen molar-refractivity contribution >= 4 is 11.6 Å². The number of nitrogens with one attached hydrogen (secondary N) is 1. The zero-order valence-electron chi connectivity index (χ0n) is 15.5. The number of anilines is 1. The molecule has 1 N–H and O–H groups in total. The summed E-state index contributed by atoms with van der Waals surface area (Å²) < 4.78 is 26.5. The summed E-state index contributed by atoms with van der Waals surface area (Å²) in [6.07, 6.45) is 5.25. The maximum absolute atomic E-state index is 13.4. The van der Waals surface area contributed by atoms with Gasteiger partial charge in [-0.05, 0) is 56.8 Å². The molecule has 0 aliphatic carbocycles. The first-order chi connectivity index (χ1) is 12.6. The van der Waals surface area contributed by atoms with Crippen molar-refractivity contribution in [2.75, 3.05) is 37.6 Å². The monoisotopic (exact) mass is 365 g/mol. The number of hydrogen-bond donors (Lipinski definition) is 1. The van der Waals surface area contributed by atoms with E-state index in [1.807, 2.05) is 0 Å². The quantitative estimate of drug-likeness (QED) is 0.841. The molecular formula is C20H29F2N3O. The lowest BCUT2D eigenvalue weighted by Crippen LogP contribution is -2.50. The molecule has 0 unspecified atom stereocenters. The van der Waals surface area contributed by atoms with Crippen LogP contribution in [0.3, 0.4) is 0 Å². The van der Waals surface area contributed by atoms with Crippen LogP contribution in [0.1, 0.15) is 39.0 Å². The Morgan fingerprint density at radius 1 is 1.19 bits per heavy atom. The number of carbonyl (C=O) groups is 1. The molecule has 6 heteroatoms. The smallest absolute Gasteiger partial charge is 0.237 e. The predicted molar refractivity (Wildman–Crippen MR) is 99.2 cm³/mol. The lowest BCUT2D eigenvalue weighted by Gasteiger charge is -2.34. The van der Waals surface area contributed by atoms with Gasteiger partial charge >= 0.3 is 0 Å². The Hall–Kier alpha value is -1.69. The summed E-state index contributed by atoms with van der Waals surface area (Å²) in [5, 5.41) is 3.13. The fourth-order valence-electron chi connectivity index (χ4n) is 4.12. The lowest BCUT2D eigenvalue weighted by molar-refractivity contribution is -0.127. The second-order valence-corrected chi connectivity index (χ2v) is 7.49. The van der Waals surface area contributed by atoms with E-state index < -0.39 is 11.6 Å². The second-order valence-electron chi connectivity index (χ2n) is 7.49. The molecule has 0 spiro atoms. The Kier molecular flexibility index (Phi) is 6.46. The van der Waals surface area contributed by atoms with Gasteiger partial charge in [0.1, 0.15) is 0 Å². The van der Waals surface area contributed by atoms with Crippen molar-refractivity contribution in [3.8, 4) is 0 Å². The van der Waals surface area contributed by atoms with Crippen LogP contribution in [-0.2, 0) is 4.79 Å². The summed E-state index contributed by atoms with van der Waals surface area (Å²) in [6.45, 7) is 6.35. The number of likely N-dealkylation sites (tertiary alicyclic amines) is 1. The van der Waals surface area contributed by atoms with E-state index in [2.05, 4.69) is 22.0 Å². The van der Waals surface area contributed by atoms with E-state index in [9.17, 15) is 13.6 Å². The van der Waals surface area contributed by atoms with E-state index in [0.29, 0.717) is 18.2 Å². The molecule has 3 rings (SSSR count). The van der Waals surface area contributed by atoms with Gasteiger partial charge in [0.05, 0.1) is 6.04 Å². The van der Waals surface area contributed by atoms with Crippen LogP contribution in [0.2, 0.25) is 0 Å². The van der Waals surface area contributed by atoms with E-state index in [0.717, 1.165) is 51.9 Å². The number of carbonyl (C=O) groups excluding carboxylic acids is 1. The van der Waals surface area contributed by atoms with E-state index in [1.165, 1.54) is 18.6 Å². The van der Waals surface area contributed by atoms with Gasteiger partial charge in [-0.2, -0.15) is 0 Å². The predicted octanol–water partition coefficient (Wildman–Crippen LogP) is 3.17. The van der Waals surface area contributed by atoms with Crippen molar-refractivity contribution in [3.05, 3.63) is 29.8 Å². The SMILES string of the molecule is CCCN1CCCC[C@@H]1C(=O)NC[C@@H]1CCN(c2ccc(F)c(F)c2)C1. The minimum absolute atomic E-state index is 0.00685. The average Bonchev–Trinajstić information content (AvgIpc) is 3.12. The lowest BCUT2D eigenvalue weighted by atomic mass is 10.0. The molecule has 0 bridgehead atoms. The Labute approximate surface area is 154 Å². The fraction of sp³-hybridized carbons (Fsp3) is 0.650. The van der Waals surface area contributed by atoms with Crippen molar-refractivity contribution in [1.82, 2.24) is 10.2 Å². The third-order valence-electron chi connectivity index (χ3n) is 5.55. The highest BCUT2D eigenvalue weighted by molar-refractivity contribution is 5.81. The van der Waals surface area contributed by atoms with E-state index in [4.69, 9.17) is 0 Å². The van der Waals surface area contributed by atoms with Crippen LogP contribution < -0.4 is 10.2 Å². The number of amides is 1. The van der Waals surface area contributed by atoms with Crippen molar-refractivity contribution in [1.29, 1.82) is 0 Å². The summed E-state index contributed by atoms with van der Waals surface area (Å²) in [4.78, 5) is 17.0. The van der Waals surface area contributed by atoms with Gasteiger partial charge in [0.15, 0.2) is 11.6 Å². The first-order valence-corrected chi connectivity index (χ1v) is 9.80. The van der Waals surface area contributed by atoms with E-state index in [1.54, 1.807) is 6.07 Å². The standard InChI is InChI=1S/C20H29F2N3O/c1-2-9-24-10-4-3-5-19(24)20(26)23-13-15-8-11-25(14-15)16-6-7-17(21)18(22)12-16/h6-7,12,15,19H,2-5,8-11,13-14H2,1H3,(H,23,26)/t15-,19+/m0/s1. The summed E-state index contributed by atoms with van der Waals surface area (Å²) >= 11 is 0. The first kappa shape index (κ1) is 19.1. The number of hydrogen-bond acceptors (Lipinski definition) is 3. The highest BCUT2D eigenvalue weighted by atomic mass is 19.2. The van der Waals surface area contributed by atoms with Crippen molar-refractivity contribution < 1.29 is 13.6 Å². The zero-order chi connectivity index (χ0) is 18.5. The van der Waals surface area contributed by atoms with Crippen LogP contribution in [0.5, 0.6) is 0 Å². The van der Waals surface area contributed by atoms with Crippen molar-refractivity contribution in [3.63, 3.8) is 0 Å². The Morgan fingerprint density at radius 3 is 2.81 bits per heavy atom. The van der Waals surface area contributed by atoms with Crippen LogP contribution in [0.15, 0.2) is 18.2 Å². The summed E-state index contributed by atoms with van der Waals surface area (Å²) in [5.41, 5.74) is 0.708. The third-order valence-corrected chi connectivity index (χ3v) is 5.55. The molecule has 2 aliphatic heterocycles. The first-order valence-electron chi connectivity index (χ1n) is 9.80. The van der Waals surface area contributed by atoms with E-state index >= 15 is 0 Å². The maximum atomic E-state index is 13.4. The highest BCUT2D eigenvalue weighted by Crippen LogP contribution is 2.25. The highest BCUT2D eigenvalue weighted by Gasteiger charge is 2.29. The summed E-state index contributed by atoms with van der Waals surface area (Å²) in [5.74, 6) is -1.15. The molecule has 1 amide bonds. The van der Waals surface area contributed by atoms with Gasteiger partial charge in [-0.15, -0.1) is 0 Å². The van der Waals surface area contributed by atoms with Crippen LogP contribution in [0.4, 0.5) is 14.5 Å². The maximum Gasteiger partial charge on any atom is 0.237 e. The number of nitrogens with zero attached hydrogens (tertiary/aromatic N) is 2. The number of halogens is 2. The minimum Gasteiger partial charge on any atom is -0.371 e. The van der Waals surface area contributed by atoms with Gasteiger partial charge in [-0.1, -0.05) is 13.3 Å². The minimum atomic E-state index is -0.819. The van der Waals surface area contributed by atoms with Gasteiger partial charge in [-0.25, -0.2) is 8.78 Å². The van der Waals surface area contributed by atoms with Crippen LogP contribution >= 0.6 is 0 Å². The molecular weight excluding hydrogens is 336 g/mol. The molecule has 2 heterocycles. The van der Waals surface area contributed by atoms with Gasteiger partial charge in [0.2, 0.25) is 5.91 Å². The molecule has 4 nitrogen and oxygen atoms in total. The molecule has 2 atom stereocenters. The van der Waals surface area contributed by atoms with Gasteiger partial charge < -0.3 is 10.2 Å². The average molecular weight is 365 g/mol. The molecule has 0 aromatic heterocycles. The van der Waals surface area contributed by atoms with Crippen molar-refractivity contribution in [2.24, 2.45) is 5.92 Å². The summed E-state index contributed by atoms with van der Waals surface area (Å²) in [7, 11) is 0. The molecule has 144 valence electrons. The largest absolute Gasteiger partial charge is 0.371 e. The van der Waals surface area contributed by atoms with Gasteiger partial charge in [-0.3, -0.25) is 9.69 Å². The molecule has 1 aromatic carbocycles. The van der Waals surface area contributed by atoms with Crippen molar-refractivity contribution in [2.45, 2.75) is 45.1 Å². The molecule has 26 heavy (non-hydrogen) atoms. The Bertz CT molecular complexity index is 623. The van der Waals surface area contributed by atoms with Gasteiger partial charge in [0.25, 0.3) is 0 Å². The summed E-state index contributed by atoms with van der Waals surface area (Å²) in [6, 6.07) is 4.04. The zero-order valence-corrected chi connectivity index (χ0v) is 15.5. The van der Waals surface area contributed by atoms with Gasteiger partial charge in [0, 0.05) is 31.4 Å². The molecule has 1 aromatic rings. The molecule has 0 radical (unpaired) electrons. The van der Waals surface area contributed by atoms with E-state index in [-0.39, 0.29) is 11.9 Å². The third kappa shape index (κ3) is 4.53. The van der Waals surface area contributed by atoms with Crippen LogP contribution in [0, 0.1) is 17.6 Å². The molecule has 2 fully saturated rings. The molecule has 2 saturated heterocycles.